The van der Waals surface area contributed by atoms with Gasteiger partial charge in [0.25, 0.3) is 0 Å². The first-order valence-electron chi connectivity index (χ1n) is 6.81. The Morgan fingerprint density at radius 2 is 2.00 bits per heavy atom. The van der Waals surface area contributed by atoms with Crippen LogP contribution in [0.15, 0.2) is 48.9 Å². The highest BCUT2D eigenvalue weighted by atomic mass is 35.5. The highest BCUT2D eigenvalue weighted by Crippen LogP contribution is 2.36. The van der Waals surface area contributed by atoms with Crippen molar-refractivity contribution in [2.45, 2.75) is 12.5 Å². The van der Waals surface area contributed by atoms with Crippen molar-refractivity contribution in [1.82, 2.24) is 9.97 Å². The summed E-state index contributed by atoms with van der Waals surface area (Å²) >= 11 is 7.34. The third-order valence-corrected chi connectivity index (χ3v) is 5.15. The molecule has 114 valence electrons. The molecule has 6 heteroatoms. The van der Waals surface area contributed by atoms with Crippen molar-refractivity contribution in [2.24, 2.45) is 0 Å². The molecule has 3 aromatic rings. The fraction of sp³-hybridized carbons (Fsp3) is 0.118. The topological polar surface area (TPSA) is 69.8 Å². The molecule has 0 aliphatic rings. The zero-order chi connectivity index (χ0) is 16.4. The van der Waals surface area contributed by atoms with E-state index in [9.17, 15) is 5.11 Å². The molecular formula is C17H12ClN3OS. The van der Waals surface area contributed by atoms with Crippen LogP contribution in [0, 0.1) is 11.3 Å². The minimum Gasteiger partial charge on any atom is -0.380 e. The summed E-state index contributed by atoms with van der Waals surface area (Å²) in [4.78, 5) is 9.05. The van der Waals surface area contributed by atoms with Gasteiger partial charge >= 0.3 is 0 Å². The van der Waals surface area contributed by atoms with Crippen LogP contribution in [0.1, 0.15) is 22.9 Å². The molecule has 0 aliphatic heterocycles. The van der Waals surface area contributed by atoms with Crippen LogP contribution in [-0.2, 0) is 5.60 Å². The third-order valence-electron chi connectivity index (χ3n) is 3.56. The molecule has 0 amide bonds. The number of hydrogen-bond acceptors (Lipinski definition) is 5. The van der Waals surface area contributed by atoms with Crippen molar-refractivity contribution < 1.29 is 5.11 Å². The lowest BCUT2D eigenvalue weighted by Crippen LogP contribution is -2.21. The molecule has 23 heavy (non-hydrogen) atoms. The molecule has 2 aromatic heterocycles. The second kappa shape index (κ2) is 6.09. The molecule has 0 saturated heterocycles. The summed E-state index contributed by atoms with van der Waals surface area (Å²) < 4.78 is 0. The Kier molecular flexibility index (Phi) is 4.14. The minimum atomic E-state index is -1.15. The number of aliphatic hydroxyl groups is 1. The van der Waals surface area contributed by atoms with Crippen LogP contribution in [0.4, 0.5) is 0 Å². The summed E-state index contributed by atoms with van der Waals surface area (Å²) in [5, 5.41) is 21.0. The molecule has 0 aliphatic carbocycles. The second-order valence-electron chi connectivity index (χ2n) is 5.14. The Labute approximate surface area is 142 Å². The normalized spacial score (nSPS) is 13.3. The van der Waals surface area contributed by atoms with E-state index >= 15 is 0 Å². The molecule has 0 bridgehead atoms. The van der Waals surface area contributed by atoms with Crippen LogP contribution in [0.2, 0.25) is 5.02 Å². The number of hydrogen-bond donors (Lipinski definition) is 1. The van der Waals surface area contributed by atoms with E-state index in [0.717, 1.165) is 16.1 Å². The van der Waals surface area contributed by atoms with E-state index in [2.05, 4.69) is 16.0 Å². The summed E-state index contributed by atoms with van der Waals surface area (Å²) in [6, 6.07) is 10.8. The molecule has 2 heterocycles. The number of halogens is 1. The molecule has 3 rings (SSSR count). The number of benzene rings is 1. The molecule has 1 aromatic carbocycles. The fourth-order valence-corrected chi connectivity index (χ4v) is 3.34. The average molecular weight is 342 g/mol. The number of aromatic nitrogens is 2. The number of nitrogens with zero attached hydrogens (tertiary/aromatic N) is 3. The molecule has 1 atom stereocenters. The van der Waals surface area contributed by atoms with Crippen LogP contribution in [0.25, 0.3) is 10.6 Å². The van der Waals surface area contributed by atoms with Gasteiger partial charge < -0.3 is 5.11 Å². The lowest BCUT2D eigenvalue weighted by molar-refractivity contribution is 0.106. The molecule has 0 saturated carbocycles. The molecule has 0 radical (unpaired) electrons. The van der Waals surface area contributed by atoms with Crippen molar-refractivity contribution in [2.75, 3.05) is 0 Å². The van der Waals surface area contributed by atoms with Gasteiger partial charge in [-0.2, -0.15) is 5.26 Å². The summed E-state index contributed by atoms with van der Waals surface area (Å²) in [5.74, 6) is 0. The quantitative estimate of drug-likeness (QED) is 0.782. The van der Waals surface area contributed by atoms with Gasteiger partial charge in [-0.1, -0.05) is 17.7 Å². The van der Waals surface area contributed by atoms with Crippen molar-refractivity contribution in [3.8, 4) is 16.6 Å². The van der Waals surface area contributed by atoms with Crippen LogP contribution in [-0.4, -0.2) is 15.1 Å². The summed E-state index contributed by atoms with van der Waals surface area (Å²) in [6.07, 6.45) is 4.94. The van der Waals surface area contributed by atoms with Crippen LogP contribution in [0.3, 0.4) is 0 Å². The first-order chi connectivity index (χ1) is 11.0. The largest absolute Gasteiger partial charge is 0.380 e. The summed E-state index contributed by atoms with van der Waals surface area (Å²) in [6.45, 7) is 1.72. The third kappa shape index (κ3) is 2.97. The Morgan fingerprint density at radius 3 is 2.70 bits per heavy atom. The predicted octanol–water partition coefficient (Wildman–Crippen LogP) is 3.99. The lowest BCUT2D eigenvalue weighted by Gasteiger charge is -2.21. The smallest absolute Gasteiger partial charge is 0.123 e. The fourth-order valence-electron chi connectivity index (χ4n) is 2.20. The van der Waals surface area contributed by atoms with E-state index in [1.165, 1.54) is 11.3 Å². The zero-order valence-electron chi connectivity index (χ0n) is 12.2. The first-order valence-corrected chi connectivity index (χ1v) is 8.01. The Morgan fingerprint density at radius 1 is 1.26 bits per heavy atom. The summed E-state index contributed by atoms with van der Waals surface area (Å²) in [7, 11) is 0. The van der Waals surface area contributed by atoms with Crippen molar-refractivity contribution in [3.63, 3.8) is 0 Å². The number of pyridine rings is 1. The van der Waals surface area contributed by atoms with E-state index < -0.39 is 5.60 Å². The van der Waals surface area contributed by atoms with Crippen LogP contribution in [0.5, 0.6) is 0 Å². The van der Waals surface area contributed by atoms with Gasteiger partial charge in [-0.3, -0.25) is 4.98 Å². The second-order valence-corrected chi connectivity index (χ2v) is 6.58. The van der Waals surface area contributed by atoms with E-state index in [1.807, 2.05) is 6.07 Å². The van der Waals surface area contributed by atoms with E-state index in [4.69, 9.17) is 16.9 Å². The summed E-state index contributed by atoms with van der Waals surface area (Å²) in [5.41, 5.74) is 0.801. The maximum absolute atomic E-state index is 10.8. The van der Waals surface area contributed by atoms with E-state index in [0.29, 0.717) is 15.5 Å². The number of nitriles is 1. The lowest BCUT2D eigenvalue weighted by atomic mass is 9.96. The predicted molar refractivity (Wildman–Crippen MR) is 90.2 cm³/mol. The Hall–Kier alpha value is -2.26. The van der Waals surface area contributed by atoms with Crippen LogP contribution < -0.4 is 0 Å². The molecule has 0 spiro atoms. The molecule has 0 fully saturated rings. The molecule has 4 nitrogen and oxygen atoms in total. The van der Waals surface area contributed by atoms with Gasteiger partial charge in [0, 0.05) is 24.2 Å². The number of thiazole rings is 1. The van der Waals surface area contributed by atoms with E-state index in [-0.39, 0.29) is 0 Å². The van der Waals surface area contributed by atoms with Gasteiger partial charge in [0.1, 0.15) is 16.7 Å². The van der Waals surface area contributed by atoms with Crippen LogP contribution >= 0.6 is 22.9 Å². The standard InChI is InChI=1S/C17H12ClN3OS/c1-17(22,13-4-6-20-7-5-13)15-10-21-16(23-15)11-2-3-14(18)12(8-11)9-19/h2-8,10,22H,1H3. The highest BCUT2D eigenvalue weighted by Gasteiger charge is 2.28. The van der Waals surface area contributed by atoms with Gasteiger partial charge in [0.2, 0.25) is 0 Å². The average Bonchev–Trinajstić information content (AvgIpc) is 3.07. The monoisotopic (exact) mass is 341 g/mol. The van der Waals surface area contributed by atoms with Crippen molar-refractivity contribution in [3.05, 3.63) is 69.9 Å². The first kappa shape index (κ1) is 15.6. The minimum absolute atomic E-state index is 0.404. The van der Waals surface area contributed by atoms with Gasteiger partial charge in [0.05, 0.1) is 15.5 Å². The Balaban J connectivity index is 2.00. The molecular weight excluding hydrogens is 330 g/mol. The van der Waals surface area contributed by atoms with Gasteiger partial charge in [-0.25, -0.2) is 4.98 Å². The maximum atomic E-state index is 10.8. The van der Waals surface area contributed by atoms with E-state index in [1.54, 1.807) is 49.8 Å². The zero-order valence-corrected chi connectivity index (χ0v) is 13.8. The molecule has 1 N–H and O–H groups in total. The van der Waals surface area contributed by atoms with Crippen molar-refractivity contribution >= 4 is 22.9 Å². The van der Waals surface area contributed by atoms with Gasteiger partial charge in [-0.05, 0) is 36.8 Å². The van der Waals surface area contributed by atoms with Crippen molar-refractivity contribution in [1.29, 1.82) is 5.26 Å². The van der Waals surface area contributed by atoms with Gasteiger partial charge in [-0.15, -0.1) is 11.3 Å². The van der Waals surface area contributed by atoms with Gasteiger partial charge in [0.15, 0.2) is 0 Å². The Bertz CT molecular complexity index is 884. The molecule has 1 unspecified atom stereocenters. The highest BCUT2D eigenvalue weighted by molar-refractivity contribution is 7.15. The SMILES string of the molecule is CC(O)(c1ccncc1)c1cnc(-c2ccc(Cl)c(C#N)c2)s1. The number of rotatable bonds is 3. The maximum Gasteiger partial charge on any atom is 0.123 e.